The first-order valence-corrected chi connectivity index (χ1v) is 13.1. The molecule has 0 atom stereocenters. The molecule has 4 aromatic rings. The Morgan fingerprint density at radius 2 is 1.64 bits per heavy atom. The van der Waals surface area contributed by atoms with Crippen molar-refractivity contribution < 1.29 is 13.2 Å². The number of ether oxygens (including phenoxy) is 1. The van der Waals surface area contributed by atoms with Gasteiger partial charge in [0, 0.05) is 35.4 Å². The van der Waals surface area contributed by atoms with E-state index in [0.29, 0.717) is 24.1 Å². The number of sulfonamides is 1. The van der Waals surface area contributed by atoms with Crippen molar-refractivity contribution in [3.05, 3.63) is 90.4 Å². The lowest BCUT2D eigenvalue weighted by Crippen LogP contribution is -2.25. The molecule has 0 spiro atoms. The van der Waals surface area contributed by atoms with Crippen molar-refractivity contribution in [1.82, 2.24) is 19.7 Å². The molecule has 0 aliphatic heterocycles. The second-order valence-electron chi connectivity index (χ2n) is 8.53. The lowest BCUT2D eigenvalue weighted by Gasteiger charge is -2.12. The fraction of sp³-hybridized carbons (Fsp3) is 0.192. The minimum Gasteiger partial charge on any atom is -0.487 e. The predicted molar refractivity (Wildman–Crippen MR) is 138 cm³/mol. The van der Waals surface area contributed by atoms with Crippen LogP contribution in [-0.2, 0) is 16.6 Å². The minimum absolute atomic E-state index is 0.0648. The zero-order valence-corrected chi connectivity index (χ0v) is 20.5. The van der Waals surface area contributed by atoms with E-state index in [9.17, 15) is 8.42 Å². The molecular weight excluding hydrogens is 476 g/mol. The summed E-state index contributed by atoms with van der Waals surface area (Å²) in [4.78, 5) is 13.4. The summed E-state index contributed by atoms with van der Waals surface area (Å²) in [7, 11) is -3.49. The first-order valence-electron chi connectivity index (χ1n) is 11.6. The van der Waals surface area contributed by atoms with E-state index < -0.39 is 10.0 Å². The van der Waals surface area contributed by atoms with Gasteiger partial charge < -0.3 is 15.4 Å². The van der Waals surface area contributed by atoms with E-state index in [-0.39, 0.29) is 10.9 Å². The van der Waals surface area contributed by atoms with Crippen molar-refractivity contribution in [1.29, 1.82) is 0 Å². The van der Waals surface area contributed by atoms with Crippen LogP contribution in [0.15, 0.2) is 84.0 Å². The maximum absolute atomic E-state index is 12.4. The number of aryl methyl sites for hydroxylation is 1. The molecule has 2 aromatic heterocycles. The van der Waals surface area contributed by atoms with Gasteiger partial charge in [0.25, 0.3) is 0 Å². The first-order chi connectivity index (χ1) is 17.4. The Kier molecular flexibility index (Phi) is 6.79. The Hall–Kier alpha value is -4.02. The van der Waals surface area contributed by atoms with E-state index in [1.54, 1.807) is 36.7 Å². The molecule has 1 saturated carbocycles. The van der Waals surface area contributed by atoms with Gasteiger partial charge in [-0.1, -0.05) is 6.07 Å². The number of nitrogens with one attached hydrogen (secondary N) is 3. The molecule has 184 valence electrons. The number of aromatic nitrogens is 3. The van der Waals surface area contributed by atoms with Crippen molar-refractivity contribution in [2.75, 3.05) is 10.6 Å². The second kappa shape index (κ2) is 10.3. The summed E-state index contributed by atoms with van der Waals surface area (Å²) >= 11 is 0. The summed E-state index contributed by atoms with van der Waals surface area (Å²) in [6, 6.07) is 19.9. The smallest absolute Gasteiger partial charge is 0.240 e. The Morgan fingerprint density at radius 1 is 0.917 bits per heavy atom. The molecule has 0 unspecified atom stereocenters. The van der Waals surface area contributed by atoms with Crippen molar-refractivity contribution in [2.24, 2.45) is 0 Å². The lowest BCUT2D eigenvalue weighted by atomic mass is 10.2. The first kappa shape index (κ1) is 23.7. The normalized spacial score (nSPS) is 13.2. The van der Waals surface area contributed by atoms with Gasteiger partial charge in [0.15, 0.2) is 0 Å². The molecule has 0 radical (unpaired) electrons. The van der Waals surface area contributed by atoms with Crippen LogP contribution in [-0.4, -0.2) is 29.4 Å². The third-order valence-corrected chi connectivity index (χ3v) is 7.06. The highest BCUT2D eigenvalue weighted by atomic mass is 32.2. The van der Waals surface area contributed by atoms with Crippen LogP contribution in [0.1, 0.15) is 24.1 Å². The van der Waals surface area contributed by atoms with Gasteiger partial charge in [0.1, 0.15) is 18.2 Å². The molecule has 1 fully saturated rings. The SMILES string of the molecule is Cc1cnc(Nc2ccc(S(=O)(=O)NC3CC3)cc2)nc1Nc1ccc(OCc2ccccn2)cc1. The molecule has 0 saturated heterocycles. The van der Waals surface area contributed by atoms with Crippen LogP contribution >= 0.6 is 0 Å². The van der Waals surface area contributed by atoms with Crippen LogP contribution < -0.4 is 20.1 Å². The fourth-order valence-electron chi connectivity index (χ4n) is 3.38. The minimum atomic E-state index is -3.49. The van der Waals surface area contributed by atoms with Gasteiger partial charge in [-0.2, -0.15) is 4.98 Å². The zero-order valence-electron chi connectivity index (χ0n) is 19.7. The third kappa shape index (κ3) is 6.15. The summed E-state index contributed by atoms with van der Waals surface area (Å²) in [5, 5.41) is 6.43. The maximum Gasteiger partial charge on any atom is 0.240 e. The standard InChI is InChI=1S/C26H26N6O3S/c1-18-16-28-26(30-20-9-13-24(14-10-20)36(33,34)32-21-5-6-21)31-25(18)29-19-7-11-23(12-8-19)35-17-22-4-2-3-15-27-22/h2-4,7-16,21,32H,5-6,17H2,1H3,(H2,28,29,30,31). The Labute approximate surface area is 210 Å². The monoisotopic (exact) mass is 502 g/mol. The molecule has 36 heavy (non-hydrogen) atoms. The van der Waals surface area contributed by atoms with Crippen LogP contribution in [0.4, 0.5) is 23.1 Å². The second-order valence-corrected chi connectivity index (χ2v) is 10.2. The van der Waals surface area contributed by atoms with Crippen molar-refractivity contribution in [3.63, 3.8) is 0 Å². The molecule has 0 bridgehead atoms. The van der Waals surface area contributed by atoms with Crippen LogP contribution in [0.5, 0.6) is 5.75 Å². The van der Waals surface area contributed by atoms with Crippen LogP contribution in [0.3, 0.4) is 0 Å². The topological polar surface area (TPSA) is 118 Å². The van der Waals surface area contributed by atoms with Crippen molar-refractivity contribution in [3.8, 4) is 5.75 Å². The van der Waals surface area contributed by atoms with Crippen molar-refractivity contribution in [2.45, 2.75) is 37.3 Å². The van der Waals surface area contributed by atoms with Gasteiger partial charge in [-0.15, -0.1) is 0 Å². The number of hydrogen-bond acceptors (Lipinski definition) is 8. The molecule has 0 amide bonds. The average Bonchev–Trinajstić information content (AvgIpc) is 3.70. The van der Waals surface area contributed by atoms with E-state index in [1.165, 1.54) is 0 Å². The molecule has 1 aliphatic rings. The zero-order chi connectivity index (χ0) is 25.0. The highest BCUT2D eigenvalue weighted by molar-refractivity contribution is 7.89. The maximum atomic E-state index is 12.4. The van der Waals surface area contributed by atoms with Gasteiger partial charge in [-0.05, 0) is 80.4 Å². The molecule has 2 heterocycles. The molecule has 10 heteroatoms. The fourth-order valence-corrected chi connectivity index (χ4v) is 4.68. The Bertz CT molecular complexity index is 1430. The number of nitrogens with zero attached hydrogens (tertiary/aromatic N) is 3. The summed E-state index contributed by atoms with van der Waals surface area (Å²) in [5.74, 6) is 1.79. The highest BCUT2D eigenvalue weighted by Crippen LogP contribution is 2.25. The molecule has 5 rings (SSSR count). The number of benzene rings is 2. The predicted octanol–water partition coefficient (Wildman–Crippen LogP) is 4.69. The van der Waals surface area contributed by atoms with Gasteiger partial charge in [0.2, 0.25) is 16.0 Å². The summed E-state index contributed by atoms with van der Waals surface area (Å²) in [6.07, 6.45) is 5.25. The average molecular weight is 503 g/mol. The third-order valence-electron chi connectivity index (χ3n) is 5.52. The summed E-state index contributed by atoms with van der Waals surface area (Å²) in [6.45, 7) is 2.32. The van der Waals surface area contributed by atoms with Gasteiger partial charge in [-0.3, -0.25) is 4.98 Å². The molecule has 2 aromatic carbocycles. The molecule has 1 aliphatic carbocycles. The molecule has 9 nitrogen and oxygen atoms in total. The van der Waals surface area contributed by atoms with Gasteiger partial charge in [-0.25, -0.2) is 18.1 Å². The quantitative estimate of drug-likeness (QED) is 0.286. The van der Waals surface area contributed by atoms with Crippen LogP contribution in [0, 0.1) is 6.92 Å². The van der Waals surface area contributed by atoms with Gasteiger partial charge in [0.05, 0.1) is 10.6 Å². The van der Waals surface area contributed by atoms with Gasteiger partial charge >= 0.3 is 0 Å². The van der Waals surface area contributed by atoms with E-state index >= 15 is 0 Å². The lowest BCUT2D eigenvalue weighted by molar-refractivity contribution is 0.301. The van der Waals surface area contributed by atoms with Crippen LogP contribution in [0.25, 0.3) is 0 Å². The Morgan fingerprint density at radius 3 is 2.33 bits per heavy atom. The summed E-state index contributed by atoms with van der Waals surface area (Å²) in [5.41, 5.74) is 3.28. The number of rotatable bonds is 10. The number of anilines is 4. The Balaban J connectivity index is 1.21. The van der Waals surface area contributed by atoms with E-state index in [2.05, 4.69) is 30.3 Å². The van der Waals surface area contributed by atoms with E-state index in [1.807, 2.05) is 49.4 Å². The molecule has 3 N–H and O–H groups in total. The highest BCUT2D eigenvalue weighted by Gasteiger charge is 2.27. The van der Waals surface area contributed by atoms with E-state index in [4.69, 9.17) is 4.74 Å². The molecular formula is C26H26N6O3S. The van der Waals surface area contributed by atoms with Crippen LogP contribution in [0.2, 0.25) is 0 Å². The largest absolute Gasteiger partial charge is 0.487 e. The summed E-state index contributed by atoms with van der Waals surface area (Å²) < 4.78 is 33.2. The number of pyridine rings is 1. The van der Waals surface area contributed by atoms with E-state index in [0.717, 1.165) is 35.5 Å². The van der Waals surface area contributed by atoms with Crippen molar-refractivity contribution >= 4 is 33.2 Å². The number of hydrogen-bond donors (Lipinski definition) is 3.